The molecule has 2 aliphatic rings. The standard InChI is InChI=1S/C24H27F3N4O2/c25-24(26,27)10-7-22(32)30-12-8-18(9-13-30)17-3-5-20(6-4-17)29-23(33)19-15-31(16-19)21-2-1-11-28-14-21/h1-6,11,14,18-19H,7-10,12-13,15-16H2,(H,29,33). The van der Waals surface area contributed by atoms with Gasteiger partial charge in [0.15, 0.2) is 0 Å². The fourth-order valence-corrected chi connectivity index (χ4v) is 4.35. The number of carbonyl (C=O) groups excluding carboxylic acids is 2. The Hall–Kier alpha value is -3.10. The molecule has 1 aromatic carbocycles. The lowest BCUT2D eigenvalue weighted by molar-refractivity contribution is -0.149. The zero-order valence-electron chi connectivity index (χ0n) is 18.2. The lowest BCUT2D eigenvalue weighted by atomic mass is 9.89. The molecule has 0 bridgehead atoms. The van der Waals surface area contributed by atoms with Crippen molar-refractivity contribution in [2.45, 2.75) is 37.8 Å². The predicted octanol–water partition coefficient (Wildman–Crippen LogP) is 4.21. The Morgan fingerprint density at radius 2 is 1.76 bits per heavy atom. The van der Waals surface area contributed by atoms with Crippen molar-refractivity contribution in [3.63, 3.8) is 0 Å². The summed E-state index contributed by atoms with van der Waals surface area (Å²) in [5.41, 5.74) is 2.86. The number of benzene rings is 1. The van der Waals surface area contributed by atoms with Crippen LogP contribution in [0, 0.1) is 5.92 Å². The van der Waals surface area contributed by atoms with E-state index in [0.717, 1.165) is 29.8 Å². The maximum atomic E-state index is 12.5. The highest BCUT2D eigenvalue weighted by atomic mass is 19.4. The van der Waals surface area contributed by atoms with E-state index in [9.17, 15) is 22.8 Å². The molecule has 0 spiro atoms. The number of alkyl halides is 3. The lowest BCUT2D eigenvalue weighted by Crippen LogP contribution is -2.52. The van der Waals surface area contributed by atoms with E-state index in [1.54, 1.807) is 12.4 Å². The summed E-state index contributed by atoms with van der Waals surface area (Å²) in [5.74, 6) is -0.249. The second kappa shape index (κ2) is 9.80. The van der Waals surface area contributed by atoms with Crippen LogP contribution in [0.4, 0.5) is 24.5 Å². The molecule has 6 nitrogen and oxygen atoms in total. The molecule has 176 valence electrons. The van der Waals surface area contributed by atoms with Crippen molar-refractivity contribution in [2.75, 3.05) is 36.4 Å². The Kier molecular flexibility index (Phi) is 6.85. The zero-order chi connectivity index (χ0) is 23.4. The number of nitrogens with zero attached hydrogens (tertiary/aromatic N) is 3. The molecule has 2 aromatic rings. The number of hydrogen-bond donors (Lipinski definition) is 1. The van der Waals surface area contributed by atoms with Crippen molar-refractivity contribution in [1.29, 1.82) is 0 Å². The molecule has 0 atom stereocenters. The van der Waals surface area contributed by atoms with E-state index >= 15 is 0 Å². The Morgan fingerprint density at radius 1 is 1.06 bits per heavy atom. The van der Waals surface area contributed by atoms with Gasteiger partial charge in [-0.05, 0) is 48.6 Å². The summed E-state index contributed by atoms with van der Waals surface area (Å²) >= 11 is 0. The van der Waals surface area contributed by atoms with Crippen LogP contribution in [0.5, 0.6) is 0 Å². The SMILES string of the molecule is O=C(Nc1ccc(C2CCN(C(=O)CCC(F)(F)F)CC2)cc1)C1CN(c2cccnc2)C1. The number of nitrogens with one attached hydrogen (secondary N) is 1. The molecule has 2 aliphatic heterocycles. The van der Waals surface area contributed by atoms with E-state index in [1.165, 1.54) is 4.90 Å². The first kappa shape index (κ1) is 23.1. The van der Waals surface area contributed by atoms with E-state index in [2.05, 4.69) is 15.2 Å². The minimum atomic E-state index is -4.30. The molecule has 1 aromatic heterocycles. The number of carbonyl (C=O) groups is 2. The quantitative estimate of drug-likeness (QED) is 0.702. The number of aromatic nitrogens is 1. The van der Waals surface area contributed by atoms with Gasteiger partial charge in [-0.2, -0.15) is 13.2 Å². The first-order valence-corrected chi connectivity index (χ1v) is 11.2. The summed E-state index contributed by atoms with van der Waals surface area (Å²) in [6, 6.07) is 11.6. The third-order valence-electron chi connectivity index (χ3n) is 6.38. The van der Waals surface area contributed by atoms with Crippen molar-refractivity contribution in [3.05, 3.63) is 54.4 Å². The third kappa shape index (κ3) is 6.03. The van der Waals surface area contributed by atoms with Crippen LogP contribution in [0.3, 0.4) is 0 Å². The molecule has 0 radical (unpaired) electrons. The first-order valence-electron chi connectivity index (χ1n) is 11.2. The number of pyridine rings is 1. The summed E-state index contributed by atoms with van der Waals surface area (Å²) in [6.45, 7) is 2.26. The number of likely N-dealkylation sites (tertiary alicyclic amines) is 1. The summed E-state index contributed by atoms with van der Waals surface area (Å²) in [5, 5.41) is 2.97. The zero-order valence-corrected chi connectivity index (χ0v) is 18.2. The topological polar surface area (TPSA) is 65.5 Å². The number of amides is 2. The van der Waals surface area contributed by atoms with Gasteiger partial charge < -0.3 is 15.1 Å². The molecule has 0 saturated carbocycles. The highest BCUT2D eigenvalue weighted by Crippen LogP contribution is 2.30. The molecule has 2 saturated heterocycles. The summed E-state index contributed by atoms with van der Waals surface area (Å²) in [7, 11) is 0. The summed E-state index contributed by atoms with van der Waals surface area (Å²) in [4.78, 5) is 32.3. The van der Waals surface area contributed by atoms with Crippen LogP contribution in [-0.2, 0) is 9.59 Å². The molecular formula is C24H27F3N4O2. The molecular weight excluding hydrogens is 433 g/mol. The van der Waals surface area contributed by atoms with Crippen LogP contribution in [0.1, 0.15) is 37.2 Å². The third-order valence-corrected chi connectivity index (χ3v) is 6.38. The Balaban J connectivity index is 1.21. The van der Waals surface area contributed by atoms with Gasteiger partial charge in [0, 0.05) is 44.5 Å². The number of anilines is 2. The van der Waals surface area contributed by atoms with E-state index in [0.29, 0.717) is 26.2 Å². The summed E-state index contributed by atoms with van der Waals surface area (Å²) < 4.78 is 37.0. The van der Waals surface area contributed by atoms with Gasteiger partial charge in [-0.25, -0.2) is 0 Å². The highest BCUT2D eigenvalue weighted by Gasteiger charge is 2.33. The minimum Gasteiger partial charge on any atom is -0.369 e. The van der Waals surface area contributed by atoms with Crippen LogP contribution >= 0.6 is 0 Å². The van der Waals surface area contributed by atoms with Gasteiger partial charge in [-0.1, -0.05) is 12.1 Å². The number of hydrogen-bond acceptors (Lipinski definition) is 4. The second-order valence-electron chi connectivity index (χ2n) is 8.69. The van der Waals surface area contributed by atoms with E-state index in [-0.39, 0.29) is 17.7 Å². The van der Waals surface area contributed by atoms with Gasteiger partial charge in [-0.3, -0.25) is 14.6 Å². The van der Waals surface area contributed by atoms with Gasteiger partial charge in [0.25, 0.3) is 0 Å². The predicted molar refractivity (Wildman–Crippen MR) is 119 cm³/mol. The van der Waals surface area contributed by atoms with Crippen LogP contribution in [0.15, 0.2) is 48.8 Å². The molecule has 2 fully saturated rings. The van der Waals surface area contributed by atoms with Crippen molar-refractivity contribution < 1.29 is 22.8 Å². The van der Waals surface area contributed by atoms with Gasteiger partial charge in [-0.15, -0.1) is 0 Å². The maximum Gasteiger partial charge on any atom is 0.389 e. The van der Waals surface area contributed by atoms with Crippen molar-refractivity contribution in [2.24, 2.45) is 5.92 Å². The monoisotopic (exact) mass is 460 g/mol. The molecule has 1 N–H and O–H groups in total. The lowest BCUT2D eigenvalue weighted by Gasteiger charge is -2.39. The van der Waals surface area contributed by atoms with E-state index in [4.69, 9.17) is 0 Å². The Bertz CT molecular complexity index is 952. The van der Waals surface area contributed by atoms with E-state index in [1.807, 2.05) is 36.4 Å². The van der Waals surface area contributed by atoms with Crippen LogP contribution < -0.4 is 10.2 Å². The van der Waals surface area contributed by atoms with E-state index < -0.39 is 24.9 Å². The first-order chi connectivity index (χ1) is 15.8. The molecule has 33 heavy (non-hydrogen) atoms. The average Bonchev–Trinajstić information content (AvgIpc) is 2.77. The van der Waals surface area contributed by atoms with Crippen LogP contribution in [-0.4, -0.2) is 54.1 Å². The average molecular weight is 461 g/mol. The highest BCUT2D eigenvalue weighted by molar-refractivity contribution is 5.94. The van der Waals surface area contributed by atoms with Crippen LogP contribution in [0.2, 0.25) is 0 Å². The smallest absolute Gasteiger partial charge is 0.369 e. The fourth-order valence-electron chi connectivity index (χ4n) is 4.35. The largest absolute Gasteiger partial charge is 0.389 e. The number of piperidine rings is 1. The second-order valence-corrected chi connectivity index (χ2v) is 8.69. The molecule has 0 unspecified atom stereocenters. The maximum absolute atomic E-state index is 12.5. The molecule has 9 heteroatoms. The van der Waals surface area contributed by atoms with Gasteiger partial charge >= 0.3 is 6.18 Å². The van der Waals surface area contributed by atoms with Gasteiger partial charge in [0.2, 0.25) is 11.8 Å². The number of halogens is 3. The fraction of sp³-hybridized carbons (Fsp3) is 0.458. The molecule has 2 amide bonds. The molecule has 3 heterocycles. The van der Waals surface area contributed by atoms with Crippen molar-refractivity contribution >= 4 is 23.2 Å². The van der Waals surface area contributed by atoms with Gasteiger partial charge in [0.05, 0.1) is 24.2 Å². The molecule has 4 rings (SSSR count). The summed E-state index contributed by atoms with van der Waals surface area (Å²) in [6.07, 6.45) is -0.909. The Labute approximate surface area is 190 Å². The molecule has 0 aliphatic carbocycles. The Morgan fingerprint density at radius 3 is 2.36 bits per heavy atom. The van der Waals surface area contributed by atoms with Crippen molar-refractivity contribution in [1.82, 2.24) is 9.88 Å². The van der Waals surface area contributed by atoms with Crippen molar-refractivity contribution in [3.8, 4) is 0 Å². The normalized spacial score (nSPS) is 17.5. The minimum absolute atomic E-state index is 0.00596. The number of rotatable bonds is 6. The van der Waals surface area contributed by atoms with Crippen LogP contribution in [0.25, 0.3) is 0 Å². The van der Waals surface area contributed by atoms with Gasteiger partial charge in [0.1, 0.15) is 0 Å².